The molecule has 0 radical (unpaired) electrons. The molecule has 1 saturated heterocycles. The number of nitrogens with zero attached hydrogens (tertiary/aromatic N) is 3. The molecular weight excluding hydrogens is 624 g/mol. The molecule has 0 bridgehead atoms. The van der Waals surface area contributed by atoms with Gasteiger partial charge in [0, 0.05) is 43.6 Å². The lowest BCUT2D eigenvalue weighted by atomic mass is 9.55. The second-order valence-corrected chi connectivity index (χ2v) is 12.3. The molecule has 250 valence electrons. The SMILES string of the molecule is CN(C)[C@@H]1C(O)=C(C(=O)NCN2CCN(C(=N)NC(=N)N)CC2)C(=O)[C@@]2(O)C(O)=C3C(=O)c4c(O)cccc4[C@@](C)(O)[C@H]3C[C@@H]12.Cl. The average molecular weight is 663 g/mol. The summed E-state index contributed by atoms with van der Waals surface area (Å²) in [7, 11) is 3.11. The van der Waals surface area contributed by atoms with Crippen molar-refractivity contribution in [3.05, 3.63) is 52.0 Å². The Morgan fingerprint density at radius 3 is 2.33 bits per heavy atom. The molecule has 0 aromatic heterocycles. The minimum atomic E-state index is -2.80. The van der Waals surface area contributed by atoms with Crippen LogP contribution in [0.2, 0.25) is 0 Å². The number of aromatic hydroxyl groups is 1. The van der Waals surface area contributed by atoms with E-state index in [2.05, 4.69) is 10.6 Å². The lowest BCUT2D eigenvalue weighted by Crippen LogP contribution is -2.65. The maximum Gasteiger partial charge on any atom is 0.259 e. The lowest BCUT2D eigenvalue weighted by Gasteiger charge is -2.52. The van der Waals surface area contributed by atoms with Crippen molar-refractivity contribution >= 4 is 41.8 Å². The summed E-state index contributed by atoms with van der Waals surface area (Å²) < 4.78 is 0. The van der Waals surface area contributed by atoms with E-state index in [-0.39, 0.29) is 48.5 Å². The lowest BCUT2D eigenvalue weighted by molar-refractivity contribution is -0.152. The molecule has 0 unspecified atom stereocenters. The first-order valence-corrected chi connectivity index (χ1v) is 14.4. The van der Waals surface area contributed by atoms with Crippen LogP contribution in [0.15, 0.2) is 40.9 Å². The van der Waals surface area contributed by atoms with E-state index < -0.39 is 75.0 Å². The Kier molecular flexibility index (Phi) is 9.18. The molecule has 1 aromatic carbocycles. The van der Waals surface area contributed by atoms with E-state index in [0.717, 1.165) is 0 Å². The van der Waals surface area contributed by atoms with Crippen molar-refractivity contribution in [3.63, 3.8) is 0 Å². The number of Topliss-reactive ketones (excluding diaryl/α,β-unsaturated/α-hetero) is 2. The maximum absolute atomic E-state index is 14.0. The number of aliphatic hydroxyl groups excluding tert-OH is 2. The zero-order chi connectivity index (χ0) is 33.2. The number of guanidine groups is 2. The minimum absolute atomic E-state index is 0. The van der Waals surface area contributed by atoms with Gasteiger partial charge in [0.25, 0.3) is 5.91 Å². The predicted octanol–water partition coefficient (Wildman–Crippen LogP) is -1.17. The van der Waals surface area contributed by atoms with E-state index in [4.69, 9.17) is 16.6 Å². The molecule has 5 rings (SSSR count). The number of aliphatic hydroxyl groups is 4. The number of phenolic OH excluding ortho intramolecular Hbond substituents is 1. The van der Waals surface area contributed by atoms with Gasteiger partial charge in [0.15, 0.2) is 23.3 Å². The molecule has 0 spiro atoms. The van der Waals surface area contributed by atoms with Crippen LogP contribution in [0.1, 0.15) is 29.3 Å². The Hall–Kier alpha value is -4.22. The molecule has 11 N–H and O–H groups in total. The third-order valence-electron chi connectivity index (χ3n) is 9.41. The van der Waals surface area contributed by atoms with Gasteiger partial charge in [0.1, 0.15) is 22.8 Å². The number of ketones is 2. The van der Waals surface area contributed by atoms with Crippen LogP contribution in [0.5, 0.6) is 5.75 Å². The van der Waals surface area contributed by atoms with Gasteiger partial charge < -0.3 is 41.5 Å². The predicted molar refractivity (Wildman–Crippen MR) is 167 cm³/mol. The third kappa shape index (κ3) is 5.25. The van der Waals surface area contributed by atoms with E-state index in [9.17, 15) is 39.9 Å². The summed E-state index contributed by atoms with van der Waals surface area (Å²) in [6, 6.07) is 3.02. The molecule has 46 heavy (non-hydrogen) atoms. The summed E-state index contributed by atoms with van der Waals surface area (Å²) in [6.45, 7) is 2.92. The van der Waals surface area contributed by atoms with E-state index in [1.165, 1.54) is 30.0 Å². The summed E-state index contributed by atoms with van der Waals surface area (Å²) in [5.74, 6) is -8.06. The molecule has 4 aliphatic rings. The molecular formula is C29H39ClN8O8. The van der Waals surface area contributed by atoms with Crippen molar-refractivity contribution in [2.24, 2.45) is 17.6 Å². The molecule has 1 aliphatic heterocycles. The van der Waals surface area contributed by atoms with Crippen molar-refractivity contribution in [2.75, 3.05) is 46.9 Å². The maximum atomic E-state index is 14.0. The first-order valence-electron chi connectivity index (χ1n) is 14.4. The molecule has 0 saturated carbocycles. The molecule has 1 heterocycles. The van der Waals surface area contributed by atoms with Gasteiger partial charge in [0.05, 0.1) is 23.9 Å². The standard InChI is InChI=1S/C29H38N8O8.ClH/c1-28(44)13-5-4-6-16(38)17(13)21(39)18-14(28)11-15-20(35(2)3)22(40)19(24(42)29(15,45)23(18)41)25(43)33-12-36-7-9-37(10-8-36)27(32)34-26(30)31;/h4-6,14-15,20,38,40-41,44-45H,7-12H2,1-3H3,(H,33,43)(H5,30,31,32,34);1H/t14-,15-,20-,28+,29-;/m0./s1. The van der Waals surface area contributed by atoms with Crippen molar-refractivity contribution in [1.29, 1.82) is 10.8 Å². The second kappa shape index (κ2) is 12.2. The van der Waals surface area contributed by atoms with Crippen molar-refractivity contribution in [2.45, 2.75) is 30.6 Å². The van der Waals surface area contributed by atoms with Crippen LogP contribution in [0.25, 0.3) is 0 Å². The van der Waals surface area contributed by atoms with Crippen LogP contribution in [-0.2, 0) is 15.2 Å². The molecule has 17 heteroatoms. The number of halogens is 1. The Labute approximate surface area is 270 Å². The quantitative estimate of drug-likeness (QED) is 0.104. The number of carbonyl (C=O) groups is 3. The number of benzene rings is 1. The third-order valence-corrected chi connectivity index (χ3v) is 9.41. The van der Waals surface area contributed by atoms with Crippen LogP contribution in [0.4, 0.5) is 0 Å². The highest BCUT2D eigenvalue weighted by molar-refractivity contribution is 6.25. The van der Waals surface area contributed by atoms with Crippen LogP contribution in [0.3, 0.4) is 0 Å². The Morgan fingerprint density at radius 2 is 1.74 bits per heavy atom. The van der Waals surface area contributed by atoms with Gasteiger partial charge in [-0.25, -0.2) is 0 Å². The van der Waals surface area contributed by atoms with Gasteiger partial charge in [0.2, 0.25) is 5.78 Å². The molecule has 1 fully saturated rings. The van der Waals surface area contributed by atoms with E-state index >= 15 is 0 Å². The van der Waals surface area contributed by atoms with Gasteiger partial charge in [-0.2, -0.15) is 0 Å². The van der Waals surface area contributed by atoms with Crippen LogP contribution >= 0.6 is 12.4 Å². The summed E-state index contributed by atoms with van der Waals surface area (Å²) >= 11 is 0. The van der Waals surface area contributed by atoms with E-state index in [1.807, 2.05) is 4.90 Å². The number of hydrogen-bond acceptors (Lipinski definition) is 12. The Morgan fingerprint density at radius 1 is 1.11 bits per heavy atom. The minimum Gasteiger partial charge on any atom is -0.510 e. The van der Waals surface area contributed by atoms with Gasteiger partial charge in [-0.1, -0.05) is 12.1 Å². The van der Waals surface area contributed by atoms with Crippen LogP contribution in [-0.4, -0.2) is 128 Å². The smallest absolute Gasteiger partial charge is 0.259 e. The topological polar surface area (TPSA) is 260 Å². The first kappa shape index (κ1) is 34.6. The fourth-order valence-electron chi connectivity index (χ4n) is 7.10. The first-order chi connectivity index (χ1) is 21.0. The number of hydrogen-bond donors (Lipinski definition) is 10. The van der Waals surface area contributed by atoms with Crippen LogP contribution < -0.4 is 16.4 Å². The molecule has 1 aromatic rings. The van der Waals surface area contributed by atoms with Gasteiger partial charge in [-0.15, -0.1) is 12.4 Å². The number of fused-ring (bicyclic) bond motifs is 3. The Bertz CT molecular complexity index is 1570. The largest absolute Gasteiger partial charge is 0.510 e. The molecule has 3 aliphatic carbocycles. The highest BCUT2D eigenvalue weighted by atomic mass is 35.5. The normalized spacial score (nSPS) is 29.4. The fourth-order valence-corrected chi connectivity index (χ4v) is 7.10. The number of rotatable bonds is 4. The van der Waals surface area contributed by atoms with Crippen molar-refractivity contribution in [1.82, 2.24) is 25.3 Å². The summed E-state index contributed by atoms with van der Waals surface area (Å²) in [5, 5.41) is 77.4. The number of phenols is 1. The van der Waals surface area contributed by atoms with Crippen LogP contribution in [0, 0.1) is 22.7 Å². The number of nitrogens with one attached hydrogen (secondary N) is 4. The number of amides is 1. The molecule has 5 atom stereocenters. The highest BCUT2D eigenvalue weighted by Gasteiger charge is 2.65. The Balaban J connectivity index is 0.00000480. The van der Waals surface area contributed by atoms with Crippen molar-refractivity contribution in [3.8, 4) is 5.75 Å². The number of likely N-dealkylation sites (N-methyl/N-ethyl adjacent to an activating group) is 1. The molecule has 16 nitrogen and oxygen atoms in total. The van der Waals surface area contributed by atoms with Gasteiger partial charge in [-0.05, 0) is 39.1 Å². The van der Waals surface area contributed by atoms with Crippen molar-refractivity contribution < 1.29 is 39.9 Å². The average Bonchev–Trinajstić information content (AvgIpc) is 2.96. The number of piperazine rings is 1. The van der Waals surface area contributed by atoms with Gasteiger partial charge >= 0.3 is 0 Å². The highest BCUT2D eigenvalue weighted by Crippen LogP contribution is 2.56. The molecule has 1 amide bonds. The zero-order valence-corrected chi connectivity index (χ0v) is 26.3. The van der Waals surface area contributed by atoms with E-state index in [1.54, 1.807) is 19.0 Å². The monoisotopic (exact) mass is 662 g/mol. The number of carbonyl (C=O) groups excluding carboxylic acids is 3. The number of nitrogens with two attached hydrogens (primary N) is 1. The van der Waals surface area contributed by atoms with Gasteiger partial charge in [-0.3, -0.25) is 40.3 Å². The second-order valence-electron chi connectivity index (χ2n) is 12.3. The van der Waals surface area contributed by atoms with E-state index in [0.29, 0.717) is 26.2 Å². The zero-order valence-electron chi connectivity index (χ0n) is 25.5. The fraction of sp³-hybridized carbons (Fsp3) is 0.483. The summed E-state index contributed by atoms with van der Waals surface area (Å²) in [4.78, 5) is 46.1. The summed E-state index contributed by atoms with van der Waals surface area (Å²) in [5.41, 5.74) is -0.694. The summed E-state index contributed by atoms with van der Waals surface area (Å²) in [6.07, 6.45) is -0.227.